The molecule has 5 rings (SSSR count). The molecule has 27 heavy (non-hydrogen) atoms. The predicted molar refractivity (Wildman–Crippen MR) is 102 cm³/mol. The smallest absolute Gasteiger partial charge is 0.182 e. The van der Waals surface area contributed by atoms with E-state index < -0.39 is 0 Å². The fourth-order valence-electron chi connectivity index (χ4n) is 3.18. The molecule has 3 aromatic heterocycles. The zero-order chi connectivity index (χ0) is 18.5. The molecule has 0 aliphatic heterocycles. The molecule has 0 radical (unpaired) electrons. The van der Waals surface area contributed by atoms with Crippen LogP contribution in [0.5, 0.6) is 5.75 Å². The van der Waals surface area contributed by atoms with Crippen LogP contribution in [-0.4, -0.2) is 34.5 Å². The van der Waals surface area contributed by atoms with Crippen LogP contribution < -0.4 is 0 Å². The van der Waals surface area contributed by atoms with E-state index in [1.54, 1.807) is 41.3 Å². The van der Waals surface area contributed by atoms with Crippen LogP contribution in [0.3, 0.4) is 0 Å². The van der Waals surface area contributed by atoms with E-state index in [1.807, 2.05) is 4.68 Å². The maximum Gasteiger partial charge on any atom is 0.182 e. The zero-order valence-electron chi connectivity index (χ0n) is 14.8. The van der Waals surface area contributed by atoms with E-state index in [2.05, 4.69) is 52.2 Å². The largest absolute Gasteiger partial charge is 0.508 e. The van der Waals surface area contributed by atoms with E-state index in [9.17, 15) is 5.11 Å². The molecule has 1 N–H and O–H groups in total. The van der Waals surface area contributed by atoms with Gasteiger partial charge in [-0.3, -0.25) is 0 Å². The minimum Gasteiger partial charge on any atom is -0.508 e. The number of fused-ring (bicyclic) bond motifs is 3. The summed E-state index contributed by atoms with van der Waals surface area (Å²) >= 11 is 0. The molecule has 2 aromatic carbocycles. The van der Waals surface area contributed by atoms with Gasteiger partial charge in [-0.2, -0.15) is 5.10 Å². The number of aryl methyl sites for hydroxylation is 2. The lowest BCUT2D eigenvalue weighted by molar-refractivity contribution is 0.475. The molecule has 0 fully saturated rings. The summed E-state index contributed by atoms with van der Waals surface area (Å²) in [5.74, 6) is 0.783. The van der Waals surface area contributed by atoms with Gasteiger partial charge < -0.3 is 5.11 Å². The molecule has 3 heterocycles. The Morgan fingerprint density at radius 2 is 1.78 bits per heavy atom. The second-order valence-electron chi connectivity index (χ2n) is 6.58. The number of phenols is 1. The standard InChI is InChI=1S/C20H16N6O/c1-12-3-4-13(2)17(9-12)26-19-16(10-22-26)20-23-18(24-25(20)11-21-19)14-5-7-15(27)8-6-14/h3-11,27H,1-2H3. The van der Waals surface area contributed by atoms with Gasteiger partial charge in [-0.25, -0.2) is 19.2 Å². The lowest BCUT2D eigenvalue weighted by atomic mass is 10.1. The van der Waals surface area contributed by atoms with Gasteiger partial charge in [0.05, 0.1) is 17.3 Å². The number of hydrogen-bond donors (Lipinski definition) is 1. The molecule has 132 valence electrons. The molecule has 5 aromatic rings. The normalized spacial score (nSPS) is 11.5. The first-order valence-electron chi connectivity index (χ1n) is 8.56. The summed E-state index contributed by atoms with van der Waals surface area (Å²) in [5, 5.41) is 19.4. The highest BCUT2D eigenvalue weighted by atomic mass is 16.3. The molecule has 0 amide bonds. The Morgan fingerprint density at radius 1 is 0.963 bits per heavy atom. The van der Waals surface area contributed by atoms with Crippen molar-refractivity contribution >= 4 is 16.7 Å². The Morgan fingerprint density at radius 3 is 2.59 bits per heavy atom. The number of phenolic OH excluding ortho intramolecular Hbond substituents is 1. The van der Waals surface area contributed by atoms with Crippen molar-refractivity contribution < 1.29 is 5.11 Å². The summed E-state index contributed by atoms with van der Waals surface area (Å²) in [5.41, 5.74) is 5.54. The molecule has 0 spiro atoms. The summed E-state index contributed by atoms with van der Waals surface area (Å²) in [6, 6.07) is 13.1. The van der Waals surface area contributed by atoms with Crippen molar-refractivity contribution in [3.05, 3.63) is 66.1 Å². The van der Waals surface area contributed by atoms with E-state index in [1.165, 1.54) is 0 Å². The SMILES string of the molecule is Cc1ccc(C)c(-n2ncc3c2ncn2nc(-c4ccc(O)cc4)nc32)c1. The molecule has 0 bridgehead atoms. The molecular weight excluding hydrogens is 340 g/mol. The predicted octanol–water partition coefficient (Wildman–Crippen LogP) is 3.45. The molecule has 0 aliphatic carbocycles. The third-order valence-electron chi connectivity index (χ3n) is 4.62. The monoisotopic (exact) mass is 356 g/mol. The van der Waals surface area contributed by atoms with Gasteiger partial charge in [0, 0.05) is 5.56 Å². The summed E-state index contributed by atoms with van der Waals surface area (Å²) < 4.78 is 3.49. The second kappa shape index (κ2) is 5.63. The maximum absolute atomic E-state index is 9.47. The zero-order valence-corrected chi connectivity index (χ0v) is 14.8. The lowest BCUT2D eigenvalue weighted by Crippen LogP contribution is -2.01. The van der Waals surface area contributed by atoms with Crippen LogP contribution in [0, 0.1) is 13.8 Å². The van der Waals surface area contributed by atoms with Gasteiger partial charge in [0.1, 0.15) is 12.1 Å². The van der Waals surface area contributed by atoms with Crippen LogP contribution in [0.25, 0.3) is 33.8 Å². The van der Waals surface area contributed by atoms with Crippen LogP contribution in [0.15, 0.2) is 55.0 Å². The van der Waals surface area contributed by atoms with Crippen LogP contribution in [0.4, 0.5) is 0 Å². The average molecular weight is 356 g/mol. The molecule has 0 atom stereocenters. The van der Waals surface area contributed by atoms with Crippen molar-refractivity contribution in [1.82, 2.24) is 29.4 Å². The van der Waals surface area contributed by atoms with Crippen molar-refractivity contribution in [1.29, 1.82) is 0 Å². The van der Waals surface area contributed by atoms with E-state index in [0.717, 1.165) is 33.4 Å². The lowest BCUT2D eigenvalue weighted by Gasteiger charge is -2.07. The highest BCUT2D eigenvalue weighted by Crippen LogP contribution is 2.25. The molecule has 0 saturated carbocycles. The van der Waals surface area contributed by atoms with Gasteiger partial charge >= 0.3 is 0 Å². The summed E-state index contributed by atoms with van der Waals surface area (Å²) in [7, 11) is 0. The number of hydrogen-bond acceptors (Lipinski definition) is 5. The third-order valence-corrected chi connectivity index (χ3v) is 4.62. The van der Waals surface area contributed by atoms with Crippen molar-refractivity contribution in [3.8, 4) is 22.8 Å². The van der Waals surface area contributed by atoms with Gasteiger partial charge in [0.2, 0.25) is 0 Å². The number of aromatic nitrogens is 6. The Balaban J connectivity index is 1.71. The summed E-state index contributed by atoms with van der Waals surface area (Å²) in [4.78, 5) is 9.22. The number of nitrogens with zero attached hydrogens (tertiary/aromatic N) is 6. The van der Waals surface area contributed by atoms with Gasteiger partial charge in [-0.05, 0) is 55.3 Å². The molecule has 7 nitrogen and oxygen atoms in total. The molecule has 7 heteroatoms. The Bertz CT molecular complexity index is 1300. The Labute approximate surface area is 154 Å². The van der Waals surface area contributed by atoms with Crippen molar-refractivity contribution in [2.45, 2.75) is 13.8 Å². The van der Waals surface area contributed by atoms with Gasteiger partial charge in [0.15, 0.2) is 17.1 Å². The summed E-state index contributed by atoms with van der Waals surface area (Å²) in [6.45, 7) is 4.11. The minimum absolute atomic E-state index is 0.210. The molecule has 0 saturated heterocycles. The van der Waals surface area contributed by atoms with E-state index >= 15 is 0 Å². The Hall–Kier alpha value is -3.74. The van der Waals surface area contributed by atoms with Gasteiger partial charge in [-0.15, -0.1) is 5.10 Å². The fraction of sp³-hybridized carbons (Fsp3) is 0.100. The van der Waals surface area contributed by atoms with Gasteiger partial charge in [0.25, 0.3) is 0 Å². The highest BCUT2D eigenvalue weighted by Gasteiger charge is 2.15. The molecule has 0 aliphatic rings. The van der Waals surface area contributed by atoms with Crippen molar-refractivity contribution in [2.75, 3.05) is 0 Å². The first-order chi connectivity index (χ1) is 13.1. The summed E-state index contributed by atoms with van der Waals surface area (Å²) in [6.07, 6.45) is 3.42. The first-order valence-corrected chi connectivity index (χ1v) is 8.56. The Kier molecular flexibility index (Phi) is 3.24. The topological polar surface area (TPSA) is 81.1 Å². The van der Waals surface area contributed by atoms with Crippen LogP contribution in [0.2, 0.25) is 0 Å². The highest BCUT2D eigenvalue weighted by molar-refractivity contribution is 5.90. The van der Waals surface area contributed by atoms with Crippen LogP contribution in [0.1, 0.15) is 11.1 Å². The fourth-order valence-corrected chi connectivity index (χ4v) is 3.18. The molecular formula is C20H16N6O. The van der Waals surface area contributed by atoms with E-state index in [-0.39, 0.29) is 5.75 Å². The third kappa shape index (κ3) is 2.43. The van der Waals surface area contributed by atoms with Crippen LogP contribution >= 0.6 is 0 Å². The maximum atomic E-state index is 9.47. The number of aromatic hydroxyl groups is 1. The number of benzene rings is 2. The second-order valence-corrected chi connectivity index (χ2v) is 6.58. The van der Waals surface area contributed by atoms with Gasteiger partial charge in [-0.1, -0.05) is 12.1 Å². The number of rotatable bonds is 2. The quantitative estimate of drug-likeness (QED) is 0.524. The minimum atomic E-state index is 0.210. The van der Waals surface area contributed by atoms with E-state index in [0.29, 0.717) is 11.5 Å². The first kappa shape index (κ1) is 15.5. The van der Waals surface area contributed by atoms with Crippen molar-refractivity contribution in [2.24, 2.45) is 0 Å². The van der Waals surface area contributed by atoms with E-state index in [4.69, 9.17) is 0 Å². The average Bonchev–Trinajstić information content (AvgIpc) is 3.28. The molecule has 0 unspecified atom stereocenters. The van der Waals surface area contributed by atoms with Crippen LogP contribution in [-0.2, 0) is 0 Å². The van der Waals surface area contributed by atoms with Crippen molar-refractivity contribution in [3.63, 3.8) is 0 Å².